The number of carbonyl (C=O) groups excluding carboxylic acids is 2. The van der Waals surface area contributed by atoms with Crippen molar-refractivity contribution in [1.29, 1.82) is 0 Å². The van der Waals surface area contributed by atoms with Crippen molar-refractivity contribution in [3.8, 4) is 0 Å². The molecule has 4 nitrogen and oxygen atoms in total. The molecule has 0 aliphatic carbocycles. The zero-order valence-corrected chi connectivity index (χ0v) is 12.3. The summed E-state index contributed by atoms with van der Waals surface area (Å²) >= 11 is 0. The summed E-state index contributed by atoms with van der Waals surface area (Å²) in [4.78, 5) is 22.4. The van der Waals surface area contributed by atoms with E-state index in [4.69, 9.17) is 0 Å². The first kappa shape index (κ1) is 18.0. The number of carbonyl (C=O) groups is 2. The van der Waals surface area contributed by atoms with E-state index in [1.165, 1.54) is 26.4 Å². The Morgan fingerprint density at radius 1 is 1.00 bits per heavy atom. The van der Waals surface area contributed by atoms with Crippen LogP contribution in [0, 0.1) is 0 Å². The van der Waals surface area contributed by atoms with Crippen molar-refractivity contribution in [2.45, 2.75) is 31.9 Å². The number of hydrogen-bond donors (Lipinski definition) is 0. The molecule has 0 heterocycles. The van der Waals surface area contributed by atoms with Gasteiger partial charge in [-0.2, -0.15) is 13.2 Å². The summed E-state index contributed by atoms with van der Waals surface area (Å²) in [7, 11) is 2.39. The fraction of sp³-hybridized carbons (Fsp3) is 0.467. The standard InChI is InChI=1S/C15H17F3O4/c1-21-13(19)8-6-10-4-3-5-12(15(16,17)18)11(10)7-9-14(20)22-2/h3-5H,6-9H2,1-2H3. The van der Waals surface area contributed by atoms with Crippen molar-refractivity contribution in [1.82, 2.24) is 0 Å². The van der Waals surface area contributed by atoms with E-state index >= 15 is 0 Å². The van der Waals surface area contributed by atoms with Crippen molar-refractivity contribution in [2.24, 2.45) is 0 Å². The molecule has 0 N–H and O–H groups in total. The molecule has 7 heteroatoms. The maximum Gasteiger partial charge on any atom is 0.416 e. The van der Waals surface area contributed by atoms with Crippen LogP contribution in [0.1, 0.15) is 29.5 Å². The molecular formula is C15H17F3O4. The van der Waals surface area contributed by atoms with Crippen LogP contribution in [0.15, 0.2) is 18.2 Å². The van der Waals surface area contributed by atoms with Gasteiger partial charge in [-0.15, -0.1) is 0 Å². The molecule has 0 unspecified atom stereocenters. The lowest BCUT2D eigenvalue weighted by Gasteiger charge is -2.16. The molecule has 1 aromatic rings. The van der Waals surface area contributed by atoms with Gasteiger partial charge < -0.3 is 9.47 Å². The molecule has 22 heavy (non-hydrogen) atoms. The van der Waals surface area contributed by atoms with Gasteiger partial charge in [0.15, 0.2) is 0 Å². The van der Waals surface area contributed by atoms with Crippen LogP contribution in [-0.4, -0.2) is 26.2 Å². The molecule has 0 radical (unpaired) electrons. The smallest absolute Gasteiger partial charge is 0.416 e. The third-order valence-corrected chi connectivity index (χ3v) is 3.21. The number of alkyl halides is 3. The number of rotatable bonds is 6. The lowest BCUT2D eigenvalue weighted by molar-refractivity contribution is -0.142. The second kappa shape index (κ2) is 7.82. The predicted molar refractivity (Wildman–Crippen MR) is 72.1 cm³/mol. The fourth-order valence-corrected chi connectivity index (χ4v) is 2.10. The molecule has 0 fully saturated rings. The van der Waals surface area contributed by atoms with E-state index in [0.717, 1.165) is 6.07 Å². The molecule has 0 saturated heterocycles. The van der Waals surface area contributed by atoms with Gasteiger partial charge in [0.25, 0.3) is 0 Å². The van der Waals surface area contributed by atoms with Gasteiger partial charge >= 0.3 is 18.1 Å². The first-order valence-electron chi connectivity index (χ1n) is 6.61. The highest BCUT2D eigenvalue weighted by Gasteiger charge is 2.34. The monoisotopic (exact) mass is 318 g/mol. The third-order valence-electron chi connectivity index (χ3n) is 3.21. The summed E-state index contributed by atoms with van der Waals surface area (Å²) in [6, 6.07) is 3.77. The Morgan fingerprint density at radius 3 is 2.05 bits per heavy atom. The molecule has 122 valence electrons. The minimum Gasteiger partial charge on any atom is -0.469 e. The van der Waals surface area contributed by atoms with Crippen molar-refractivity contribution in [3.05, 3.63) is 34.9 Å². The number of benzene rings is 1. The Morgan fingerprint density at radius 2 is 1.55 bits per heavy atom. The van der Waals surface area contributed by atoms with Gasteiger partial charge in [0.1, 0.15) is 0 Å². The molecular weight excluding hydrogens is 301 g/mol. The Hall–Kier alpha value is -2.05. The molecule has 0 aliphatic rings. The number of hydrogen-bond acceptors (Lipinski definition) is 4. The minimum absolute atomic E-state index is 0.0179. The lowest BCUT2D eigenvalue weighted by atomic mass is 9.94. The maximum absolute atomic E-state index is 13.1. The topological polar surface area (TPSA) is 52.6 Å². The molecule has 0 saturated carbocycles. The van der Waals surface area contributed by atoms with Crippen LogP contribution in [0.4, 0.5) is 13.2 Å². The summed E-state index contributed by atoms with van der Waals surface area (Å²) < 4.78 is 48.2. The van der Waals surface area contributed by atoms with E-state index < -0.39 is 23.7 Å². The predicted octanol–water partition coefficient (Wildman–Crippen LogP) is 2.92. The van der Waals surface area contributed by atoms with Crippen LogP contribution in [0.3, 0.4) is 0 Å². The highest BCUT2D eigenvalue weighted by molar-refractivity contribution is 5.70. The highest BCUT2D eigenvalue weighted by Crippen LogP contribution is 2.34. The van der Waals surface area contributed by atoms with E-state index in [0.29, 0.717) is 5.56 Å². The summed E-state index contributed by atoms with van der Waals surface area (Å²) in [5, 5.41) is 0. The van der Waals surface area contributed by atoms with Gasteiger partial charge in [-0.1, -0.05) is 12.1 Å². The van der Waals surface area contributed by atoms with Gasteiger partial charge in [-0.25, -0.2) is 0 Å². The summed E-state index contributed by atoms with van der Waals surface area (Å²) in [5.41, 5.74) is -0.396. The molecule has 0 amide bonds. The van der Waals surface area contributed by atoms with Crippen molar-refractivity contribution < 1.29 is 32.2 Å². The highest BCUT2D eigenvalue weighted by atomic mass is 19.4. The quantitative estimate of drug-likeness (QED) is 0.757. The Labute approximate surface area is 126 Å². The number of aryl methyl sites for hydroxylation is 1. The number of esters is 2. The number of ether oxygens (including phenoxy) is 2. The van der Waals surface area contributed by atoms with Gasteiger partial charge in [0.05, 0.1) is 19.8 Å². The van der Waals surface area contributed by atoms with Crippen LogP contribution in [0.2, 0.25) is 0 Å². The normalized spacial score (nSPS) is 11.1. The summed E-state index contributed by atoms with van der Waals surface area (Å²) in [5.74, 6) is -1.09. The molecule has 0 atom stereocenters. The van der Waals surface area contributed by atoms with E-state index in [1.54, 1.807) is 0 Å². The molecule has 1 aromatic carbocycles. The van der Waals surface area contributed by atoms with Crippen molar-refractivity contribution in [3.63, 3.8) is 0 Å². The Bertz CT molecular complexity index is 538. The molecule has 0 spiro atoms. The van der Waals surface area contributed by atoms with Crippen molar-refractivity contribution in [2.75, 3.05) is 14.2 Å². The largest absolute Gasteiger partial charge is 0.469 e. The first-order chi connectivity index (χ1) is 10.3. The molecule has 0 bridgehead atoms. The maximum atomic E-state index is 13.1. The van der Waals surface area contributed by atoms with Gasteiger partial charge in [0.2, 0.25) is 0 Å². The lowest BCUT2D eigenvalue weighted by Crippen LogP contribution is -2.14. The second-order valence-electron chi connectivity index (χ2n) is 4.59. The van der Waals surface area contributed by atoms with Crippen LogP contribution in [0.5, 0.6) is 0 Å². The average Bonchev–Trinajstić information content (AvgIpc) is 2.49. The van der Waals surface area contributed by atoms with Gasteiger partial charge in [-0.3, -0.25) is 9.59 Å². The van der Waals surface area contributed by atoms with E-state index in [2.05, 4.69) is 9.47 Å². The molecule has 0 aliphatic heterocycles. The van der Waals surface area contributed by atoms with E-state index in [-0.39, 0.29) is 31.2 Å². The summed E-state index contributed by atoms with van der Waals surface area (Å²) in [6.07, 6.45) is -4.68. The number of methoxy groups -OCH3 is 2. The Kier molecular flexibility index (Phi) is 6.39. The zero-order chi connectivity index (χ0) is 16.8. The fourth-order valence-electron chi connectivity index (χ4n) is 2.10. The van der Waals surface area contributed by atoms with Crippen LogP contribution in [-0.2, 0) is 38.1 Å². The first-order valence-corrected chi connectivity index (χ1v) is 6.61. The van der Waals surface area contributed by atoms with Gasteiger partial charge in [0, 0.05) is 12.8 Å². The summed E-state index contributed by atoms with van der Waals surface area (Å²) in [6.45, 7) is 0. The van der Waals surface area contributed by atoms with Crippen LogP contribution >= 0.6 is 0 Å². The molecule has 0 aromatic heterocycles. The zero-order valence-electron chi connectivity index (χ0n) is 12.3. The van der Waals surface area contributed by atoms with Crippen LogP contribution in [0.25, 0.3) is 0 Å². The van der Waals surface area contributed by atoms with Gasteiger partial charge in [-0.05, 0) is 30.0 Å². The molecule has 1 rings (SSSR count). The number of halogens is 3. The Balaban J connectivity index is 3.08. The van der Waals surface area contributed by atoms with Crippen LogP contribution < -0.4 is 0 Å². The third kappa shape index (κ3) is 5.05. The average molecular weight is 318 g/mol. The SMILES string of the molecule is COC(=O)CCc1cccc(C(F)(F)F)c1CCC(=O)OC. The van der Waals surface area contributed by atoms with Crippen molar-refractivity contribution >= 4 is 11.9 Å². The minimum atomic E-state index is -4.52. The second-order valence-corrected chi connectivity index (χ2v) is 4.59. The van der Waals surface area contributed by atoms with E-state index in [9.17, 15) is 22.8 Å². The van der Waals surface area contributed by atoms with E-state index in [1.807, 2.05) is 0 Å².